The third kappa shape index (κ3) is 5.80. The van der Waals surface area contributed by atoms with E-state index in [9.17, 15) is 0 Å². The van der Waals surface area contributed by atoms with Crippen LogP contribution in [0, 0.1) is 0 Å². The summed E-state index contributed by atoms with van der Waals surface area (Å²) in [6.07, 6.45) is 0. The highest BCUT2D eigenvalue weighted by Crippen LogP contribution is 2.38. The van der Waals surface area contributed by atoms with Gasteiger partial charge in [0.05, 0.1) is 0 Å². The number of nitrogens with zero attached hydrogens (tertiary/aromatic N) is 1. The molecule has 0 aliphatic heterocycles. The summed E-state index contributed by atoms with van der Waals surface area (Å²) in [6.45, 7) is 2.30. The molecule has 1 heteroatoms. The van der Waals surface area contributed by atoms with E-state index in [1.165, 1.54) is 54.9 Å². The number of hydrogen-bond acceptors (Lipinski definition) is 1. The van der Waals surface area contributed by atoms with Gasteiger partial charge < -0.3 is 4.90 Å². The summed E-state index contributed by atoms with van der Waals surface area (Å²) in [5.41, 5.74) is 10.9. The number of rotatable bonds is 7. The van der Waals surface area contributed by atoms with Crippen molar-refractivity contribution < 1.29 is 0 Å². The molecule has 0 saturated carbocycles. The van der Waals surface area contributed by atoms with Gasteiger partial charge in [-0.05, 0) is 103 Å². The molecule has 0 spiro atoms. The summed E-state index contributed by atoms with van der Waals surface area (Å²) in [7, 11) is 0. The third-order valence-corrected chi connectivity index (χ3v) is 9.32. The maximum absolute atomic E-state index is 2.35. The lowest BCUT2D eigenvalue weighted by molar-refractivity contribution is 0.925. The molecule has 0 aromatic heterocycles. The van der Waals surface area contributed by atoms with E-state index in [0.29, 0.717) is 5.92 Å². The van der Waals surface area contributed by atoms with Crippen molar-refractivity contribution in [2.75, 3.05) is 4.90 Å². The second-order valence-corrected chi connectivity index (χ2v) is 12.3. The van der Waals surface area contributed by atoms with Crippen LogP contribution < -0.4 is 4.90 Å². The van der Waals surface area contributed by atoms with Crippen LogP contribution in [0.4, 0.5) is 17.1 Å². The molecule has 1 nitrogen and oxygen atoms in total. The standard InChI is InChI=1S/C46H35N/c1-33(38-23-24-42-30-39-13-8-9-14-40(39)31-43(42)29-38)34-19-21-36(22-20-34)37-25-27-45(28-26-37)47(44-16-6-3-7-17-44)46-18-10-15-41(32-46)35-11-4-2-5-12-35/h2-33H,1H3. The lowest BCUT2D eigenvalue weighted by Crippen LogP contribution is -2.09. The van der Waals surface area contributed by atoms with Crippen LogP contribution in [0.3, 0.4) is 0 Å². The Hall–Kier alpha value is -5.92. The van der Waals surface area contributed by atoms with Crippen molar-refractivity contribution in [1.29, 1.82) is 0 Å². The Morgan fingerprint density at radius 3 is 1.51 bits per heavy atom. The summed E-state index contributed by atoms with van der Waals surface area (Å²) in [6, 6.07) is 68.0. The second kappa shape index (κ2) is 12.5. The second-order valence-electron chi connectivity index (χ2n) is 12.3. The summed E-state index contributed by atoms with van der Waals surface area (Å²) in [5.74, 6) is 0.299. The normalized spacial score (nSPS) is 11.9. The predicted molar refractivity (Wildman–Crippen MR) is 201 cm³/mol. The fourth-order valence-electron chi connectivity index (χ4n) is 6.67. The van der Waals surface area contributed by atoms with Gasteiger partial charge in [0.15, 0.2) is 0 Å². The quantitative estimate of drug-likeness (QED) is 0.164. The minimum absolute atomic E-state index is 0.299. The van der Waals surface area contributed by atoms with E-state index in [-0.39, 0.29) is 0 Å². The lowest BCUT2D eigenvalue weighted by atomic mass is 9.90. The summed E-state index contributed by atoms with van der Waals surface area (Å²) >= 11 is 0. The molecule has 8 aromatic rings. The summed E-state index contributed by atoms with van der Waals surface area (Å²) in [5, 5.41) is 5.15. The van der Waals surface area contributed by atoms with Crippen molar-refractivity contribution in [2.45, 2.75) is 12.8 Å². The van der Waals surface area contributed by atoms with Gasteiger partial charge in [0.2, 0.25) is 0 Å². The van der Waals surface area contributed by atoms with Gasteiger partial charge in [0, 0.05) is 23.0 Å². The van der Waals surface area contributed by atoms with Gasteiger partial charge >= 0.3 is 0 Å². The first-order chi connectivity index (χ1) is 23.2. The van der Waals surface area contributed by atoms with Gasteiger partial charge in [0.25, 0.3) is 0 Å². The van der Waals surface area contributed by atoms with Crippen molar-refractivity contribution in [1.82, 2.24) is 0 Å². The number of hydrogen-bond donors (Lipinski definition) is 0. The first kappa shape index (κ1) is 28.5. The first-order valence-corrected chi connectivity index (χ1v) is 16.3. The predicted octanol–water partition coefficient (Wildman–Crippen LogP) is 12.9. The number of benzene rings is 8. The van der Waals surface area contributed by atoms with Crippen molar-refractivity contribution in [3.63, 3.8) is 0 Å². The molecule has 47 heavy (non-hydrogen) atoms. The molecule has 0 fully saturated rings. The van der Waals surface area contributed by atoms with Crippen molar-refractivity contribution in [2.24, 2.45) is 0 Å². The Labute approximate surface area is 277 Å². The van der Waals surface area contributed by atoms with Crippen LogP contribution >= 0.6 is 0 Å². The highest BCUT2D eigenvalue weighted by atomic mass is 15.1. The lowest BCUT2D eigenvalue weighted by Gasteiger charge is -2.26. The molecule has 0 aliphatic carbocycles. The topological polar surface area (TPSA) is 3.24 Å². The van der Waals surface area contributed by atoms with Crippen LogP contribution in [-0.2, 0) is 0 Å². The van der Waals surface area contributed by atoms with Crippen LogP contribution in [0.5, 0.6) is 0 Å². The molecule has 0 radical (unpaired) electrons. The molecular weight excluding hydrogens is 567 g/mol. The fourth-order valence-corrected chi connectivity index (χ4v) is 6.67. The minimum Gasteiger partial charge on any atom is -0.310 e. The van der Waals surface area contributed by atoms with Gasteiger partial charge in [-0.1, -0.05) is 146 Å². The third-order valence-electron chi connectivity index (χ3n) is 9.32. The van der Waals surface area contributed by atoms with Crippen molar-refractivity contribution >= 4 is 38.6 Å². The molecule has 0 heterocycles. The van der Waals surface area contributed by atoms with Crippen molar-refractivity contribution in [3.8, 4) is 22.3 Å². The molecule has 0 saturated heterocycles. The molecule has 0 aliphatic rings. The Morgan fingerprint density at radius 1 is 0.319 bits per heavy atom. The number of para-hydroxylation sites is 1. The molecule has 1 unspecified atom stereocenters. The Morgan fingerprint density at radius 2 is 0.809 bits per heavy atom. The molecule has 8 rings (SSSR count). The zero-order valence-electron chi connectivity index (χ0n) is 26.4. The Balaban J connectivity index is 1.06. The maximum Gasteiger partial charge on any atom is 0.0467 e. The molecule has 0 N–H and O–H groups in total. The van der Waals surface area contributed by atoms with Crippen LogP contribution in [0.15, 0.2) is 188 Å². The average molecular weight is 602 g/mol. The zero-order chi connectivity index (χ0) is 31.6. The van der Waals surface area contributed by atoms with E-state index < -0.39 is 0 Å². The highest BCUT2D eigenvalue weighted by molar-refractivity contribution is 5.98. The van der Waals surface area contributed by atoms with Gasteiger partial charge in [-0.2, -0.15) is 0 Å². The number of anilines is 3. The van der Waals surface area contributed by atoms with E-state index in [1.807, 2.05) is 0 Å². The molecule has 8 aromatic carbocycles. The SMILES string of the molecule is CC(c1ccc(-c2ccc(N(c3ccccc3)c3cccc(-c4ccccc4)c3)cc2)cc1)c1ccc2cc3ccccc3cc2c1. The van der Waals surface area contributed by atoms with Crippen LogP contribution in [0.2, 0.25) is 0 Å². The van der Waals surface area contributed by atoms with E-state index in [1.54, 1.807) is 0 Å². The van der Waals surface area contributed by atoms with E-state index in [0.717, 1.165) is 17.1 Å². The highest BCUT2D eigenvalue weighted by Gasteiger charge is 2.14. The van der Waals surface area contributed by atoms with Crippen molar-refractivity contribution in [3.05, 3.63) is 199 Å². The maximum atomic E-state index is 2.35. The molecule has 1 atom stereocenters. The van der Waals surface area contributed by atoms with E-state index in [2.05, 4.69) is 200 Å². The minimum atomic E-state index is 0.299. The molecule has 0 bridgehead atoms. The van der Waals surface area contributed by atoms with Crippen LogP contribution in [-0.4, -0.2) is 0 Å². The summed E-state index contributed by atoms with van der Waals surface area (Å²) < 4.78 is 0. The molecule has 224 valence electrons. The van der Waals surface area contributed by atoms with E-state index in [4.69, 9.17) is 0 Å². The zero-order valence-corrected chi connectivity index (χ0v) is 26.4. The largest absolute Gasteiger partial charge is 0.310 e. The monoisotopic (exact) mass is 601 g/mol. The summed E-state index contributed by atoms with van der Waals surface area (Å²) in [4.78, 5) is 2.33. The van der Waals surface area contributed by atoms with Gasteiger partial charge in [-0.3, -0.25) is 0 Å². The fraction of sp³-hybridized carbons (Fsp3) is 0.0435. The van der Waals surface area contributed by atoms with Crippen LogP contribution in [0.25, 0.3) is 43.8 Å². The Bertz CT molecular complexity index is 2290. The van der Waals surface area contributed by atoms with E-state index >= 15 is 0 Å². The van der Waals surface area contributed by atoms with Gasteiger partial charge in [-0.25, -0.2) is 0 Å². The first-order valence-electron chi connectivity index (χ1n) is 16.3. The Kier molecular flexibility index (Phi) is 7.57. The molecular formula is C46H35N. The number of fused-ring (bicyclic) bond motifs is 2. The molecule has 0 amide bonds. The smallest absolute Gasteiger partial charge is 0.0467 e. The average Bonchev–Trinajstić information content (AvgIpc) is 3.15. The van der Waals surface area contributed by atoms with Gasteiger partial charge in [0.1, 0.15) is 0 Å². The van der Waals surface area contributed by atoms with Gasteiger partial charge in [-0.15, -0.1) is 0 Å². The van der Waals surface area contributed by atoms with Crippen LogP contribution in [0.1, 0.15) is 24.0 Å².